The molecule has 29 heavy (non-hydrogen) atoms. The van der Waals surface area contributed by atoms with E-state index < -0.39 is 5.97 Å². The van der Waals surface area contributed by atoms with Gasteiger partial charge in [-0.2, -0.15) is 5.26 Å². The van der Waals surface area contributed by atoms with Crippen LogP contribution in [0.15, 0.2) is 62.2 Å². The van der Waals surface area contributed by atoms with Gasteiger partial charge in [-0.25, -0.2) is 14.4 Å². The van der Waals surface area contributed by atoms with Gasteiger partial charge in [-0.1, -0.05) is 33.1 Å². The normalized spacial score (nSPS) is 8.31. The fraction of sp³-hybridized carbons (Fsp3) is 0.273. The molecule has 0 N–H and O–H groups in total. The van der Waals surface area contributed by atoms with E-state index in [-0.39, 0.29) is 11.9 Å². The maximum Gasteiger partial charge on any atom is 0.335 e. The molecule has 156 valence electrons. The highest BCUT2D eigenvalue weighted by molar-refractivity contribution is 5.83. The quantitative estimate of drug-likeness (QED) is 0.282. The molecule has 0 heterocycles. The lowest BCUT2D eigenvalue weighted by molar-refractivity contribution is -0.138. The molecule has 0 saturated heterocycles. The summed E-state index contributed by atoms with van der Waals surface area (Å²) in [4.78, 5) is 31.1. The van der Waals surface area contributed by atoms with E-state index in [2.05, 4.69) is 29.2 Å². The van der Waals surface area contributed by atoms with Gasteiger partial charge in [0.05, 0.1) is 24.8 Å². The second-order valence-electron chi connectivity index (χ2n) is 4.94. The number of hydrogen-bond acceptors (Lipinski definition) is 7. The van der Waals surface area contributed by atoms with Crippen LogP contribution in [-0.4, -0.2) is 31.1 Å². The number of carbonyl (C=O) groups is 3. The highest BCUT2D eigenvalue weighted by Crippen LogP contribution is 2.11. The predicted molar refractivity (Wildman–Crippen MR) is 110 cm³/mol. The first-order valence-corrected chi connectivity index (χ1v) is 8.81. The molecule has 0 aliphatic carbocycles. The van der Waals surface area contributed by atoms with Crippen molar-refractivity contribution in [2.45, 2.75) is 26.7 Å². The van der Waals surface area contributed by atoms with Gasteiger partial charge in [0.15, 0.2) is 0 Å². The molecule has 0 fully saturated rings. The number of nitriles is 1. The molecule has 0 saturated carbocycles. The summed E-state index contributed by atoms with van der Waals surface area (Å²) < 4.78 is 13.9. The van der Waals surface area contributed by atoms with Crippen molar-refractivity contribution in [3.63, 3.8) is 0 Å². The fourth-order valence-electron chi connectivity index (χ4n) is 1.33. The zero-order valence-electron chi connectivity index (χ0n) is 16.9. The third kappa shape index (κ3) is 17.5. The molecule has 0 aliphatic rings. The van der Waals surface area contributed by atoms with E-state index in [1.54, 1.807) is 31.2 Å². The number of carbonyl (C=O) groups excluding carboxylic acids is 3. The zero-order valence-corrected chi connectivity index (χ0v) is 16.9. The molecule has 0 bridgehead atoms. The molecule has 0 radical (unpaired) electrons. The first-order valence-electron chi connectivity index (χ1n) is 8.81. The van der Waals surface area contributed by atoms with Crippen molar-refractivity contribution in [3.8, 4) is 11.8 Å². The molecule has 0 amide bonds. The molecule has 7 nitrogen and oxygen atoms in total. The Balaban J connectivity index is 0. The Morgan fingerprint density at radius 1 is 0.931 bits per heavy atom. The molecule has 1 aromatic carbocycles. The summed E-state index contributed by atoms with van der Waals surface area (Å²) >= 11 is 0. The van der Waals surface area contributed by atoms with Gasteiger partial charge < -0.3 is 14.2 Å². The van der Waals surface area contributed by atoms with Gasteiger partial charge in [-0.3, -0.25) is 0 Å². The van der Waals surface area contributed by atoms with Crippen LogP contribution in [-0.2, 0) is 23.9 Å². The highest BCUT2D eigenvalue weighted by atomic mass is 16.5. The summed E-state index contributed by atoms with van der Waals surface area (Å²) in [5.41, 5.74) is 0.526. The Kier molecular flexibility index (Phi) is 18.2. The Morgan fingerprint density at radius 2 is 1.45 bits per heavy atom. The molecule has 0 aromatic heterocycles. The van der Waals surface area contributed by atoms with Crippen LogP contribution in [0.25, 0.3) is 0 Å². The average Bonchev–Trinajstić information content (AvgIpc) is 2.75. The molecular weight excluding hydrogens is 374 g/mol. The van der Waals surface area contributed by atoms with Crippen LogP contribution in [0.2, 0.25) is 0 Å². The molecular formula is C22H27NO6. The summed E-state index contributed by atoms with van der Waals surface area (Å²) in [5.74, 6) is -0.792. The number of nitrogens with zero attached hydrogens (tertiary/aromatic N) is 1. The van der Waals surface area contributed by atoms with Crippen molar-refractivity contribution in [3.05, 3.63) is 67.8 Å². The summed E-state index contributed by atoms with van der Waals surface area (Å²) in [5, 5.41) is 8.48. The molecule has 0 aliphatic heterocycles. The maximum atomic E-state index is 10.7. The number of esters is 3. The Labute approximate surface area is 171 Å². The van der Waals surface area contributed by atoms with E-state index in [9.17, 15) is 14.4 Å². The van der Waals surface area contributed by atoms with Gasteiger partial charge in [-0.15, -0.1) is 0 Å². The number of unbranched alkanes of at least 4 members (excludes halogenated alkanes) is 1. The standard InChI is InChI=1S/C10H7NO2.C7H12O2.C5H8O2/c1-2-10(12)13-9-5-3-8(7-11)4-6-9;1-3-5-6-9-7(8)4-2;1-3-5(6)7-4-2/h2-6H,1H2;4H,2-3,5-6H2,1H3;3H,1,4H2,2H3. The van der Waals surface area contributed by atoms with Crippen LogP contribution in [0.3, 0.4) is 0 Å². The van der Waals surface area contributed by atoms with Gasteiger partial charge in [0, 0.05) is 18.2 Å². The van der Waals surface area contributed by atoms with Crippen molar-refractivity contribution in [2.24, 2.45) is 0 Å². The predicted octanol–water partition coefficient (Wildman–Crippen LogP) is 3.90. The van der Waals surface area contributed by atoms with Crippen LogP contribution in [0, 0.1) is 11.3 Å². The van der Waals surface area contributed by atoms with E-state index in [1.807, 2.05) is 13.0 Å². The lowest BCUT2D eigenvalue weighted by Gasteiger charge is -1.99. The Hall–Kier alpha value is -3.66. The van der Waals surface area contributed by atoms with Crippen LogP contribution < -0.4 is 4.74 Å². The second-order valence-corrected chi connectivity index (χ2v) is 4.94. The average molecular weight is 401 g/mol. The second kappa shape index (κ2) is 19.1. The third-order valence-electron chi connectivity index (χ3n) is 2.73. The molecule has 0 atom stereocenters. The highest BCUT2D eigenvalue weighted by Gasteiger charge is 1.98. The van der Waals surface area contributed by atoms with Crippen molar-refractivity contribution < 1.29 is 28.6 Å². The van der Waals surface area contributed by atoms with E-state index in [1.165, 1.54) is 6.08 Å². The third-order valence-corrected chi connectivity index (χ3v) is 2.73. The minimum Gasteiger partial charge on any atom is -0.463 e. The van der Waals surface area contributed by atoms with E-state index in [0.29, 0.717) is 24.5 Å². The Morgan fingerprint density at radius 3 is 1.83 bits per heavy atom. The van der Waals surface area contributed by atoms with E-state index in [0.717, 1.165) is 25.0 Å². The minimum absolute atomic E-state index is 0.330. The van der Waals surface area contributed by atoms with E-state index in [4.69, 9.17) is 10.00 Å². The fourth-order valence-corrected chi connectivity index (χ4v) is 1.33. The summed E-state index contributed by atoms with van der Waals surface area (Å²) in [6.07, 6.45) is 5.38. The summed E-state index contributed by atoms with van der Waals surface area (Å²) in [6, 6.07) is 8.22. The summed E-state index contributed by atoms with van der Waals surface area (Å²) in [7, 11) is 0. The molecule has 1 rings (SSSR count). The number of hydrogen-bond donors (Lipinski definition) is 0. The van der Waals surface area contributed by atoms with Crippen LogP contribution in [0.4, 0.5) is 0 Å². The molecule has 1 aromatic rings. The maximum absolute atomic E-state index is 10.7. The SMILES string of the molecule is C=CC(=O)OCC.C=CC(=O)OCCCC.C=CC(=O)Oc1ccc(C#N)cc1. The lowest BCUT2D eigenvalue weighted by atomic mass is 10.2. The van der Waals surface area contributed by atoms with Gasteiger partial charge in [0.1, 0.15) is 5.75 Å². The number of benzene rings is 1. The number of rotatable bonds is 8. The van der Waals surface area contributed by atoms with Crippen molar-refractivity contribution in [1.29, 1.82) is 5.26 Å². The smallest absolute Gasteiger partial charge is 0.335 e. The summed E-state index contributed by atoms with van der Waals surface area (Å²) in [6.45, 7) is 14.5. The number of ether oxygens (including phenoxy) is 3. The first-order chi connectivity index (χ1) is 13.9. The molecule has 0 unspecified atom stereocenters. The van der Waals surface area contributed by atoms with Crippen LogP contribution in [0.5, 0.6) is 5.75 Å². The molecule has 0 spiro atoms. The monoisotopic (exact) mass is 401 g/mol. The van der Waals surface area contributed by atoms with Crippen LogP contribution in [0.1, 0.15) is 32.3 Å². The minimum atomic E-state index is -0.510. The topological polar surface area (TPSA) is 103 Å². The van der Waals surface area contributed by atoms with Gasteiger partial charge in [0.25, 0.3) is 0 Å². The first kappa shape index (κ1) is 27.6. The zero-order chi connectivity index (χ0) is 22.5. The lowest BCUT2D eigenvalue weighted by Crippen LogP contribution is -2.02. The largest absolute Gasteiger partial charge is 0.463 e. The van der Waals surface area contributed by atoms with Crippen LogP contribution >= 0.6 is 0 Å². The molecule has 7 heteroatoms. The van der Waals surface area contributed by atoms with Gasteiger partial charge in [0.2, 0.25) is 0 Å². The van der Waals surface area contributed by atoms with Crippen molar-refractivity contribution in [1.82, 2.24) is 0 Å². The Bertz CT molecular complexity index is 701. The van der Waals surface area contributed by atoms with E-state index >= 15 is 0 Å². The van der Waals surface area contributed by atoms with Gasteiger partial charge >= 0.3 is 17.9 Å². The van der Waals surface area contributed by atoms with Gasteiger partial charge in [-0.05, 0) is 37.6 Å². The van der Waals surface area contributed by atoms with Crippen molar-refractivity contribution >= 4 is 17.9 Å². The van der Waals surface area contributed by atoms with Crippen molar-refractivity contribution in [2.75, 3.05) is 13.2 Å².